The molecule has 0 saturated carbocycles. The average molecular weight is 167 g/mol. The number of alkyl halides is 3. The van der Waals surface area contributed by atoms with Gasteiger partial charge in [0.2, 0.25) is 0 Å². The van der Waals surface area contributed by atoms with Crippen LogP contribution in [0.15, 0.2) is 0 Å². The van der Waals surface area contributed by atoms with Crippen LogP contribution in [0.25, 0.3) is 0 Å². The number of likely N-dealkylation sites (N-methyl/N-ethyl adjacent to an activating group) is 1. The highest BCUT2D eigenvalue weighted by atomic mass is 19.4. The molecule has 0 spiro atoms. The summed E-state index contributed by atoms with van der Waals surface area (Å²) in [6, 6.07) is -1.38. The highest BCUT2D eigenvalue weighted by Gasteiger charge is 2.41. The van der Waals surface area contributed by atoms with Crippen molar-refractivity contribution in [3.05, 3.63) is 6.54 Å². The quantitative estimate of drug-likeness (QED) is 0.568. The van der Waals surface area contributed by atoms with Gasteiger partial charge in [-0.05, 0) is 7.05 Å². The molecule has 1 aliphatic rings. The molecule has 0 aliphatic carbocycles. The maximum absolute atomic E-state index is 12.0. The number of halogens is 3. The maximum Gasteiger partial charge on any atom is 0.405 e. The van der Waals surface area contributed by atoms with Gasteiger partial charge in [0.25, 0.3) is 0 Å². The molecule has 2 nitrogen and oxygen atoms in total. The van der Waals surface area contributed by atoms with Gasteiger partial charge in [-0.2, -0.15) is 13.2 Å². The molecule has 5 heteroatoms. The van der Waals surface area contributed by atoms with Gasteiger partial charge in [0.1, 0.15) is 6.04 Å². The molecule has 1 radical (unpaired) electrons. The third-order valence-electron chi connectivity index (χ3n) is 1.63. The van der Waals surface area contributed by atoms with Crippen molar-refractivity contribution in [2.24, 2.45) is 0 Å². The molecule has 1 atom stereocenters. The van der Waals surface area contributed by atoms with E-state index in [0.29, 0.717) is 6.54 Å². The zero-order valence-corrected chi connectivity index (χ0v) is 6.15. The Morgan fingerprint density at radius 2 is 2.18 bits per heavy atom. The van der Waals surface area contributed by atoms with Crippen molar-refractivity contribution >= 4 is 0 Å². The SMILES string of the molecule is CN1[CH]CNC(C(F)(F)F)C1. The molecule has 1 N–H and O–H groups in total. The van der Waals surface area contributed by atoms with Crippen molar-refractivity contribution in [2.75, 3.05) is 20.1 Å². The Morgan fingerprint density at radius 3 is 2.55 bits per heavy atom. The topological polar surface area (TPSA) is 15.3 Å². The minimum atomic E-state index is -4.12. The molecule has 0 aromatic rings. The molecular formula is C6H10F3N2. The molecule has 1 fully saturated rings. The van der Waals surface area contributed by atoms with Crippen molar-refractivity contribution in [3.8, 4) is 0 Å². The number of nitrogens with zero attached hydrogens (tertiary/aromatic N) is 1. The Morgan fingerprint density at radius 1 is 1.55 bits per heavy atom. The van der Waals surface area contributed by atoms with Crippen molar-refractivity contribution in [3.63, 3.8) is 0 Å². The fourth-order valence-electron chi connectivity index (χ4n) is 0.997. The molecule has 0 amide bonds. The van der Waals surface area contributed by atoms with Crippen LogP contribution >= 0.6 is 0 Å². The summed E-state index contributed by atoms with van der Waals surface area (Å²) < 4.78 is 36.0. The first-order valence-corrected chi connectivity index (χ1v) is 3.34. The van der Waals surface area contributed by atoms with Gasteiger partial charge in [0.05, 0.1) is 0 Å². The van der Waals surface area contributed by atoms with Crippen molar-refractivity contribution in [1.29, 1.82) is 0 Å². The second-order valence-corrected chi connectivity index (χ2v) is 2.62. The van der Waals surface area contributed by atoms with Gasteiger partial charge in [-0.3, -0.25) is 4.90 Å². The van der Waals surface area contributed by atoms with Gasteiger partial charge in [-0.25, -0.2) is 0 Å². The van der Waals surface area contributed by atoms with Crippen LogP contribution in [0.5, 0.6) is 0 Å². The monoisotopic (exact) mass is 167 g/mol. The standard InChI is InChI=1S/C6H10F3N2/c1-11-3-2-10-5(4-11)6(7,8)9/h3,5,10H,2,4H2,1H3. The lowest BCUT2D eigenvalue weighted by molar-refractivity contribution is -0.161. The largest absolute Gasteiger partial charge is 0.405 e. The molecule has 11 heavy (non-hydrogen) atoms. The predicted octanol–water partition coefficient (Wildman–Crippen LogP) is 0.614. The van der Waals surface area contributed by atoms with E-state index in [0.717, 1.165) is 0 Å². The van der Waals surface area contributed by atoms with Crippen LogP contribution in [-0.4, -0.2) is 37.3 Å². The van der Waals surface area contributed by atoms with Crippen molar-refractivity contribution in [2.45, 2.75) is 12.2 Å². The summed E-state index contributed by atoms with van der Waals surface area (Å²) in [5, 5.41) is 2.37. The Hall–Kier alpha value is -0.290. The van der Waals surface area contributed by atoms with Crippen molar-refractivity contribution < 1.29 is 13.2 Å². The second kappa shape index (κ2) is 2.98. The van der Waals surface area contributed by atoms with Crippen LogP contribution < -0.4 is 5.32 Å². The summed E-state index contributed by atoms with van der Waals surface area (Å²) in [6.45, 7) is 1.99. The minimum Gasteiger partial charge on any atom is -0.303 e. The second-order valence-electron chi connectivity index (χ2n) is 2.62. The summed E-state index contributed by atoms with van der Waals surface area (Å²) in [5.41, 5.74) is 0. The van der Waals surface area contributed by atoms with Gasteiger partial charge < -0.3 is 5.32 Å². The smallest absolute Gasteiger partial charge is 0.303 e. The predicted molar refractivity (Wildman–Crippen MR) is 34.8 cm³/mol. The number of rotatable bonds is 0. The number of nitrogens with one attached hydrogen (secondary N) is 1. The van der Waals surface area contributed by atoms with Crippen LogP contribution in [0.2, 0.25) is 0 Å². The van der Waals surface area contributed by atoms with Gasteiger partial charge in [-0.15, -0.1) is 0 Å². The van der Waals surface area contributed by atoms with E-state index in [1.165, 1.54) is 0 Å². The Kier molecular flexibility index (Phi) is 2.39. The first kappa shape index (κ1) is 8.80. The lowest BCUT2D eigenvalue weighted by atomic mass is 10.2. The van der Waals surface area contributed by atoms with Crippen LogP contribution in [0, 0.1) is 6.54 Å². The number of hydrogen-bond donors (Lipinski definition) is 1. The van der Waals surface area contributed by atoms with E-state index in [1.54, 1.807) is 18.5 Å². The Bertz CT molecular complexity index is 134. The number of hydrogen-bond acceptors (Lipinski definition) is 2. The van der Waals surface area contributed by atoms with Crippen LogP contribution in [0.1, 0.15) is 0 Å². The molecule has 1 rings (SSSR count). The van der Waals surface area contributed by atoms with Crippen LogP contribution in [-0.2, 0) is 0 Å². The van der Waals surface area contributed by atoms with Crippen LogP contribution in [0.4, 0.5) is 13.2 Å². The zero-order valence-electron chi connectivity index (χ0n) is 6.15. The summed E-state index contributed by atoms with van der Waals surface area (Å²) >= 11 is 0. The minimum absolute atomic E-state index is 0.00347. The summed E-state index contributed by atoms with van der Waals surface area (Å²) in [7, 11) is 1.64. The molecule has 0 aromatic heterocycles. The average Bonchev–Trinajstić information content (AvgIpc) is 1.86. The molecular weight excluding hydrogens is 157 g/mol. The molecule has 0 bridgehead atoms. The first-order valence-electron chi connectivity index (χ1n) is 3.34. The van der Waals surface area contributed by atoms with E-state index in [4.69, 9.17) is 0 Å². The van der Waals surface area contributed by atoms with E-state index >= 15 is 0 Å². The molecule has 1 saturated heterocycles. The zero-order chi connectivity index (χ0) is 8.48. The molecule has 0 aromatic carbocycles. The summed E-state index contributed by atoms with van der Waals surface area (Å²) in [6.07, 6.45) is -4.12. The van der Waals surface area contributed by atoms with E-state index < -0.39 is 12.2 Å². The highest BCUT2D eigenvalue weighted by molar-refractivity contribution is 4.87. The van der Waals surface area contributed by atoms with Crippen molar-refractivity contribution in [1.82, 2.24) is 10.2 Å². The number of piperazine rings is 1. The van der Waals surface area contributed by atoms with Gasteiger partial charge >= 0.3 is 6.18 Å². The normalized spacial score (nSPS) is 28.9. The Labute approximate surface area is 63.4 Å². The lowest BCUT2D eigenvalue weighted by Gasteiger charge is -2.31. The fourth-order valence-corrected chi connectivity index (χ4v) is 0.997. The van der Waals surface area contributed by atoms with Gasteiger partial charge in [0, 0.05) is 19.6 Å². The highest BCUT2D eigenvalue weighted by Crippen LogP contribution is 2.22. The summed E-state index contributed by atoms with van der Waals surface area (Å²) in [5.74, 6) is 0. The van der Waals surface area contributed by atoms with Crippen LogP contribution in [0.3, 0.4) is 0 Å². The van der Waals surface area contributed by atoms with Gasteiger partial charge in [0.15, 0.2) is 0 Å². The maximum atomic E-state index is 12.0. The first-order chi connectivity index (χ1) is 5.00. The molecule has 1 aliphatic heterocycles. The molecule has 1 heterocycles. The van der Waals surface area contributed by atoms with E-state index in [2.05, 4.69) is 5.32 Å². The van der Waals surface area contributed by atoms with E-state index in [1.807, 2.05) is 0 Å². The summed E-state index contributed by atoms with van der Waals surface area (Å²) in [4.78, 5) is 1.55. The van der Waals surface area contributed by atoms with E-state index in [9.17, 15) is 13.2 Å². The third-order valence-corrected chi connectivity index (χ3v) is 1.63. The van der Waals surface area contributed by atoms with Gasteiger partial charge in [-0.1, -0.05) is 0 Å². The Balaban J connectivity index is 2.46. The molecule has 65 valence electrons. The third kappa shape index (κ3) is 2.34. The molecule has 1 unspecified atom stereocenters. The van der Waals surface area contributed by atoms with E-state index in [-0.39, 0.29) is 6.54 Å². The lowest BCUT2D eigenvalue weighted by Crippen LogP contribution is -2.53. The fraction of sp³-hybridized carbons (Fsp3) is 0.833.